The number of nitrogen functional groups attached to an aromatic ring is 1. The highest BCUT2D eigenvalue weighted by molar-refractivity contribution is 5.77. The van der Waals surface area contributed by atoms with Gasteiger partial charge in [0.15, 0.2) is 11.2 Å². The molecule has 2 aromatic rings. The Balaban J connectivity index is 2.85. The lowest BCUT2D eigenvalue weighted by Gasteiger charge is -2.02. The summed E-state index contributed by atoms with van der Waals surface area (Å²) in [5, 5.41) is 0. The maximum absolute atomic E-state index is 5.46. The van der Waals surface area contributed by atoms with Crippen molar-refractivity contribution in [3.8, 4) is 5.88 Å². The van der Waals surface area contributed by atoms with Crippen LogP contribution < -0.4 is 10.5 Å². The molecule has 2 heterocycles. The zero-order valence-electron chi connectivity index (χ0n) is 7.35. The van der Waals surface area contributed by atoms with Gasteiger partial charge < -0.3 is 15.0 Å². The standard InChI is InChI=1S/C7H9N5O/c1-12-3-9-5-4(12)6(13-2)11-7(8)10-5/h3H,1-2H3,(H2,8,10,11). The van der Waals surface area contributed by atoms with Crippen LogP contribution >= 0.6 is 0 Å². The van der Waals surface area contributed by atoms with E-state index in [0.717, 1.165) is 5.52 Å². The van der Waals surface area contributed by atoms with Gasteiger partial charge in [-0.1, -0.05) is 0 Å². The molecule has 0 saturated carbocycles. The van der Waals surface area contributed by atoms with Crippen LogP contribution in [0.4, 0.5) is 5.95 Å². The molecule has 2 aromatic heterocycles. The first-order valence-electron chi connectivity index (χ1n) is 3.71. The molecule has 0 unspecified atom stereocenters. The van der Waals surface area contributed by atoms with Gasteiger partial charge in [-0.15, -0.1) is 0 Å². The molecule has 68 valence electrons. The summed E-state index contributed by atoms with van der Waals surface area (Å²) in [6, 6.07) is 0. The number of aromatic nitrogens is 4. The second kappa shape index (κ2) is 2.58. The van der Waals surface area contributed by atoms with E-state index in [4.69, 9.17) is 10.5 Å². The number of nitrogens with zero attached hydrogens (tertiary/aromatic N) is 4. The molecule has 0 spiro atoms. The lowest BCUT2D eigenvalue weighted by Crippen LogP contribution is -2.00. The third-order valence-electron chi connectivity index (χ3n) is 1.75. The molecule has 0 radical (unpaired) electrons. The summed E-state index contributed by atoms with van der Waals surface area (Å²) < 4.78 is 6.84. The van der Waals surface area contributed by atoms with Gasteiger partial charge in [0, 0.05) is 7.05 Å². The third-order valence-corrected chi connectivity index (χ3v) is 1.75. The lowest BCUT2D eigenvalue weighted by atomic mass is 10.5. The van der Waals surface area contributed by atoms with E-state index in [1.807, 2.05) is 7.05 Å². The number of rotatable bonds is 1. The summed E-state index contributed by atoms with van der Waals surface area (Å²) in [6.45, 7) is 0. The molecule has 2 rings (SSSR count). The summed E-state index contributed by atoms with van der Waals surface area (Å²) in [7, 11) is 3.38. The van der Waals surface area contributed by atoms with Gasteiger partial charge in [-0.2, -0.15) is 9.97 Å². The molecular formula is C7H9N5O. The Hall–Kier alpha value is -1.85. The van der Waals surface area contributed by atoms with Crippen molar-refractivity contribution in [2.45, 2.75) is 0 Å². The molecule has 13 heavy (non-hydrogen) atoms. The summed E-state index contributed by atoms with van der Waals surface area (Å²) in [4.78, 5) is 11.9. The van der Waals surface area contributed by atoms with E-state index in [-0.39, 0.29) is 5.95 Å². The Morgan fingerprint density at radius 1 is 1.46 bits per heavy atom. The fourth-order valence-electron chi connectivity index (χ4n) is 1.18. The molecule has 6 heteroatoms. The Labute approximate surface area is 74.4 Å². The fraction of sp³-hybridized carbons (Fsp3) is 0.286. The van der Waals surface area contributed by atoms with E-state index >= 15 is 0 Å². The average Bonchev–Trinajstić information content (AvgIpc) is 2.46. The highest BCUT2D eigenvalue weighted by Gasteiger charge is 2.10. The van der Waals surface area contributed by atoms with Crippen molar-refractivity contribution in [2.24, 2.45) is 7.05 Å². The minimum Gasteiger partial charge on any atom is -0.479 e. The zero-order valence-corrected chi connectivity index (χ0v) is 7.35. The van der Waals surface area contributed by atoms with Gasteiger partial charge in [0.2, 0.25) is 11.8 Å². The Morgan fingerprint density at radius 2 is 2.23 bits per heavy atom. The van der Waals surface area contributed by atoms with E-state index in [1.54, 1.807) is 10.9 Å². The van der Waals surface area contributed by atoms with Crippen LogP contribution in [0.15, 0.2) is 6.33 Å². The highest BCUT2D eigenvalue weighted by Crippen LogP contribution is 2.20. The Bertz CT molecular complexity index is 449. The second-order valence-electron chi connectivity index (χ2n) is 2.62. The summed E-state index contributed by atoms with van der Waals surface area (Å²) in [5.41, 5.74) is 6.75. The van der Waals surface area contributed by atoms with Gasteiger partial charge >= 0.3 is 0 Å². The minimum absolute atomic E-state index is 0.169. The number of anilines is 1. The lowest BCUT2D eigenvalue weighted by molar-refractivity contribution is 0.401. The molecule has 0 amide bonds. The van der Waals surface area contributed by atoms with Crippen LogP contribution in [-0.2, 0) is 7.05 Å². The van der Waals surface area contributed by atoms with Gasteiger partial charge in [0.25, 0.3) is 0 Å². The number of nitrogens with two attached hydrogens (primary N) is 1. The second-order valence-corrected chi connectivity index (χ2v) is 2.62. The summed E-state index contributed by atoms with van der Waals surface area (Å²) in [6.07, 6.45) is 1.64. The van der Waals surface area contributed by atoms with Crippen molar-refractivity contribution >= 4 is 17.1 Å². The van der Waals surface area contributed by atoms with E-state index < -0.39 is 0 Å². The molecule has 0 aliphatic carbocycles. The number of imidazole rings is 1. The molecule has 2 N–H and O–H groups in total. The third kappa shape index (κ3) is 1.07. The topological polar surface area (TPSA) is 78.8 Å². The van der Waals surface area contributed by atoms with Crippen LogP contribution in [0, 0.1) is 0 Å². The molecular weight excluding hydrogens is 170 g/mol. The molecule has 0 fully saturated rings. The number of hydrogen-bond acceptors (Lipinski definition) is 5. The number of aryl methyl sites for hydroxylation is 1. The molecule has 0 aliphatic rings. The van der Waals surface area contributed by atoms with Crippen LogP contribution in [-0.4, -0.2) is 26.6 Å². The van der Waals surface area contributed by atoms with Crippen LogP contribution in [0.2, 0.25) is 0 Å². The normalized spacial score (nSPS) is 10.6. The van der Waals surface area contributed by atoms with Crippen molar-refractivity contribution in [3.05, 3.63) is 6.33 Å². The van der Waals surface area contributed by atoms with Crippen molar-refractivity contribution in [2.75, 3.05) is 12.8 Å². The van der Waals surface area contributed by atoms with Gasteiger partial charge in [-0.25, -0.2) is 4.98 Å². The van der Waals surface area contributed by atoms with Crippen molar-refractivity contribution < 1.29 is 4.74 Å². The zero-order chi connectivity index (χ0) is 9.42. The number of ether oxygens (including phenoxy) is 1. The fourth-order valence-corrected chi connectivity index (χ4v) is 1.18. The van der Waals surface area contributed by atoms with Crippen LogP contribution in [0.1, 0.15) is 0 Å². The number of methoxy groups -OCH3 is 1. The van der Waals surface area contributed by atoms with Crippen LogP contribution in [0.25, 0.3) is 11.2 Å². The highest BCUT2D eigenvalue weighted by atomic mass is 16.5. The van der Waals surface area contributed by atoms with Gasteiger partial charge in [-0.3, -0.25) is 0 Å². The van der Waals surface area contributed by atoms with Crippen LogP contribution in [0.3, 0.4) is 0 Å². The van der Waals surface area contributed by atoms with Gasteiger partial charge in [0.05, 0.1) is 13.4 Å². The van der Waals surface area contributed by atoms with E-state index in [2.05, 4.69) is 15.0 Å². The first-order chi connectivity index (χ1) is 6.22. The smallest absolute Gasteiger partial charge is 0.245 e. The van der Waals surface area contributed by atoms with Crippen molar-refractivity contribution in [1.82, 2.24) is 19.5 Å². The Kier molecular flexibility index (Phi) is 1.54. The van der Waals surface area contributed by atoms with E-state index in [1.165, 1.54) is 7.11 Å². The van der Waals surface area contributed by atoms with E-state index in [0.29, 0.717) is 11.5 Å². The maximum atomic E-state index is 5.46. The van der Waals surface area contributed by atoms with Crippen LogP contribution in [0.5, 0.6) is 5.88 Å². The Morgan fingerprint density at radius 3 is 2.92 bits per heavy atom. The first kappa shape index (κ1) is 7.78. The van der Waals surface area contributed by atoms with Crippen molar-refractivity contribution in [1.29, 1.82) is 0 Å². The molecule has 0 atom stereocenters. The summed E-state index contributed by atoms with van der Waals surface area (Å²) in [5.74, 6) is 0.616. The van der Waals surface area contributed by atoms with Crippen molar-refractivity contribution in [3.63, 3.8) is 0 Å². The molecule has 0 aromatic carbocycles. The SMILES string of the molecule is COc1nc(N)nc2ncn(C)c12. The quantitative estimate of drug-likeness (QED) is 0.664. The first-order valence-corrected chi connectivity index (χ1v) is 3.71. The van der Waals surface area contributed by atoms with Gasteiger partial charge in [0.1, 0.15) is 0 Å². The molecule has 0 saturated heterocycles. The van der Waals surface area contributed by atoms with E-state index in [9.17, 15) is 0 Å². The molecule has 0 bridgehead atoms. The monoisotopic (exact) mass is 179 g/mol. The number of fused-ring (bicyclic) bond motifs is 1. The van der Waals surface area contributed by atoms with Gasteiger partial charge in [-0.05, 0) is 0 Å². The largest absolute Gasteiger partial charge is 0.479 e. The molecule has 6 nitrogen and oxygen atoms in total. The average molecular weight is 179 g/mol. The minimum atomic E-state index is 0.169. The maximum Gasteiger partial charge on any atom is 0.245 e. The number of hydrogen-bond donors (Lipinski definition) is 1. The predicted octanol–water partition coefficient (Wildman–Crippen LogP) is -0.0459. The summed E-state index contributed by atoms with van der Waals surface area (Å²) >= 11 is 0. The predicted molar refractivity (Wildman–Crippen MR) is 47.3 cm³/mol. The molecule has 0 aliphatic heterocycles.